The summed E-state index contributed by atoms with van der Waals surface area (Å²) in [7, 11) is 0. The summed E-state index contributed by atoms with van der Waals surface area (Å²) in [5.41, 5.74) is 4.34. The molecule has 26 heavy (non-hydrogen) atoms. The van der Waals surface area contributed by atoms with Crippen molar-refractivity contribution >= 4 is 29.2 Å². The predicted octanol–water partition coefficient (Wildman–Crippen LogP) is 4.69. The molecule has 8 heteroatoms. The number of nitrogens with two attached hydrogens (primary N) is 1. The lowest BCUT2D eigenvalue weighted by Crippen LogP contribution is -2.56. The van der Waals surface area contributed by atoms with Gasteiger partial charge in [0, 0.05) is 27.6 Å². The van der Waals surface area contributed by atoms with Gasteiger partial charge in [-0.15, -0.1) is 0 Å². The number of halogens is 4. The number of aliphatic imine (C=N–C) groups is 1. The summed E-state index contributed by atoms with van der Waals surface area (Å²) in [4.78, 5) is 4.06. The normalized spacial score (nSPS) is 26.5. The van der Waals surface area contributed by atoms with Gasteiger partial charge < -0.3 is 15.2 Å². The molecule has 0 amide bonds. The molecule has 2 heterocycles. The fourth-order valence-corrected chi connectivity index (χ4v) is 4.09. The second kappa shape index (κ2) is 5.99. The maximum absolute atomic E-state index is 15.8. The van der Waals surface area contributed by atoms with E-state index in [-0.39, 0.29) is 40.2 Å². The molecule has 2 aromatic rings. The molecule has 0 fully saturated rings. The molecule has 0 aromatic heterocycles. The van der Waals surface area contributed by atoms with E-state index in [0.29, 0.717) is 5.75 Å². The molecule has 0 radical (unpaired) electrons. The van der Waals surface area contributed by atoms with Crippen LogP contribution < -0.4 is 10.5 Å². The Kier molecular flexibility index (Phi) is 4.00. The molecular weight excluding hydrogens is 385 g/mol. The van der Waals surface area contributed by atoms with Gasteiger partial charge in [-0.1, -0.05) is 41.4 Å². The second-order valence-electron chi connectivity index (χ2n) is 6.23. The molecule has 2 aromatic carbocycles. The predicted molar refractivity (Wildman–Crippen MR) is 95.1 cm³/mol. The SMILES string of the molecule is NC1=N[C@@]2(CCOc3ccccc32)C(F)(F)C(c2cc(Cl)cc(Cl)c2)O1. The minimum absolute atomic E-state index is 0.0358. The average molecular weight is 399 g/mol. The highest BCUT2D eigenvalue weighted by Crippen LogP contribution is 2.57. The van der Waals surface area contributed by atoms with Crippen molar-refractivity contribution in [2.75, 3.05) is 6.61 Å². The largest absolute Gasteiger partial charge is 0.493 e. The number of para-hydroxylation sites is 1. The smallest absolute Gasteiger partial charge is 0.317 e. The van der Waals surface area contributed by atoms with Gasteiger partial charge in [-0.3, -0.25) is 0 Å². The van der Waals surface area contributed by atoms with Gasteiger partial charge in [-0.2, -0.15) is 8.78 Å². The zero-order valence-corrected chi connectivity index (χ0v) is 14.9. The molecular formula is C18H14Cl2F2N2O2. The molecule has 2 aliphatic heterocycles. The van der Waals surface area contributed by atoms with E-state index in [2.05, 4.69) is 4.99 Å². The van der Waals surface area contributed by atoms with Crippen LogP contribution >= 0.6 is 23.2 Å². The van der Waals surface area contributed by atoms with Crippen LogP contribution in [0, 0.1) is 0 Å². The van der Waals surface area contributed by atoms with E-state index in [9.17, 15) is 0 Å². The molecule has 0 saturated carbocycles. The first-order valence-electron chi connectivity index (χ1n) is 7.91. The lowest BCUT2D eigenvalue weighted by molar-refractivity contribution is -0.178. The molecule has 4 nitrogen and oxygen atoms in total. The van der Waals surface area contributed by atoms with E-state index in [4.69, 9.17) is 38.4 Å². The van der Waals surface area contributed by atoms with E-state index < -0.39 is 17.6 Å². The third kappa shape index (κ3) is 2.51. The van der Waals surface area contributed by atoms with Gasteiger partial charge in [0.25, 0.3) is 6.02 Å². The van der Waals surface area contributed by atoms with Crippen LogP contribution in [0.3, 0.4) is 0 Å². The van der Waals surface area contributed by atoms with Crippen LogP contribution in [0.5, 0.6) is 5.75 Å². The number of ether oxygens (including phenoxy) is 2. The Hall–Kier alpha value is -2.05. The number of alkyl halides is 2. The van der Waals surface area contributed by atoms with Crippen molar-refractivity contribution in [2.45, 2.75) is 24.0 Å². The van der Waals surface area contributed by atoms with Gasteiger partial charge in [0.2, 0.25) is 0 Å². The van der Waals surface area contributed by atoms with Crippen LogP contribution in [-0.4, -0.2) is 18.6 Å². The van der Waals surface area contributed by atoms with Crippen molar-refractivity contribution in [1.29, 1.82) is 0 Å². The number of amidine groups is 1. The zero-order chi connectivity index (χ0) is 18.5. The Morgan fingerprint density at radius 1 is 1.12 bits per heavy atom. The lowest BCUT2D eigenvalue weighted by atomic mass is 9.75. The topological polar surface area (TPSA) is 56.8 Å². The molecule has 2 N–H and O–H groups in total. The summed E-state index contributed by atoms with van der Waals surface area (Å²) >= 11 is 12.0. The highest BCUT2D eigenvalue weighted by molar-refractivity contribution is 6.34. The third-order valence-corrected chi connectivity index (χ3v) is 5.10. The molecule has 0 saturated heterocycles. The van der Waals surface area contributed by atoms with Gasteiger partial charge in [0.05, 0.1) is 6.61 Å². The summed E-state index contributed by atoms with van der Waals surface area (Å²) in [5, 5.41) is 0.462. The Labute approximate surface area is 158 Å². The van der Waals surface area contributed by atoms with E-state index in [0.717, 1.165) is 0 Å². The number of fused-ring (bicyclic) bond motifs is 2. The highest BCUT2D eigenvalue weighted by Gasteiger charge is 2.65. The molecule has 4 rings (SSSR count). The van der Waals surface area contributed by atoms with E-state index in [1.165, 1.54) is 18.2 Å². The van der Waals surface area contributed by atoms with Crippen molar-refractivity contribution in [3.63, 3.8) is 0 Å². The van der Waals surface area contributed by atoms with Crippen LogP contribution in [0.25, 0.3) is 0 Å². The van der Waals surface area contributed by atoms with Crippen molar-refractivity contribution < 1.29 is 18.3 Å². The summed E-state index contributed by atoms with van der Waals surface area (Å²) < 4.78 is 42.4. The van der Waals surface area contributed by atoms with Crippen LogP contribution in [-0.2, 0) is 10.3 Å². The maximum Gasteiger partial charge on any atom is 0.317 e. The number of rotatable bonds is 1. The Morgan fingerprint density at radius 2 is 1.81 bits per heavy atom. The molecule has 2 atom stereocenters. The Bertz CT molecular complexity index is 886. The van der Waals surface area contributed by atoms with Gasteiger partial charge >= 0.3 is 5.92 Å². The molecule has 1 spiro atoms. The van der Waals surface area contributed by atoms with Gasteiger partial charge in [0.15, 0.2) is 11.6 Å². The molecule has 1 unspecified atom stereocenters. The first-order valence-corrected chi connectivity index (χ1v) is 8.67. The Balaban J connectivity index is 1.91. The summed E-state index contributed by atoms with van der Waals surface area (Å²) in [6.07, 6.45) is -1.71. The minimum atomic E-state index is -3.41. The van der Waals surface area contributed by atoms with Crippen LogP contribution in [0.15, 0.2) is 47.5 Å². The van der Waals surface area contributed by atoms with Gasteiger partial charge in [0.1, 0.15) is 5.75 Å². The summed E-state index contributed by atoms with van der Waals surface area (Å²) in [6.45, 7) is 0.0897. The lowest BCUT2D eigenvalue weighted by Gasteiger charge is -2.46. The van der Waals surface area contributed by atoms with Crippen molar-refractivity contribution in [2.24, 2.45) is 10.7 Å². The monoisotopic (exact) mass is 398 g/mol. The van der Waals surface area contributed by atoms with E-state index in [1.54, 1.807) is 24.3 Å². The standard InChI is InChI=1S/C18H14Cl2F2N2O2/c19-11-7-10(8-12(20)9-11)15-18(21,22)17(24-16(23)26-15)5-6-25-14-4-2-1-3-13(14)17/h1-4,7-9,15H,5-6H2,(H2,23,24)/t15?,17-/m1/s1. The first-order chi connectivity index (χ1) is 12.3. The number of hydrogen-bond donors (Lipinski definition) is 1. The molecule has 0 bridgehead atoms. The third-order valence-electron chi connectivity index (χ3n) is 4.66. The maximum atomic E-state index is 15.8. The second-order valence-corrected chi connectivity index (χ2v) is 7.10. The average Bonchev–Trinajstić information content (AvgIpc) is 2.58. The van der Waals surface area contributed by atoms with Gasteiger partial charge in [-0.05, 0) is 24.3 Å². The molecule has 0 aliphatic carbocycles. The first kappa shape index (κ1) is 17.4. The fraction of sp³-hybridized carbons (Fsp3) is 0.278. The molecule has 136 valence electrons. The van der Waals surface area contributed by atoms with Crippen LogP contribution in [0.1, 0.15) is 23.7 Å². The number of benzene rings is 2. The summed E-state index contributed by atoms with van der Waals surface area (Å²) in [6, 6.07) is 10.5. The zero-order valence-electron chi connectivity index (χ0n) is 13.4. The number of hydrogen-bond acceptors (Lipinski definition) is 4. The van der Waals surface area contributed by atoms with E-state index >= 15 is 8.78 Å². The van der Waals surface area contributed by atoms with E-state index in [1.807, 2.05) is 0 Å². The fourth-order valence-electron chi connectivity index (χ4n) is 3.54. The molecule has 2 aliphatic rings. The van der Waals surface area contributed by atoms with Crippen LogP contribution in [0.2, 0.25) is 10.0 Å². The van der Waals surface area contributed by atoms with Crippen molar-refractivity contribution in [3.05, 3.63) is 63.6 Å². The number of nitrogens with zero attached hydrogens (tertiary/aromatic N) is 1. The summed E-state index contributed by atoms with van der Waals surface area (Å²) in [5.74, 6) is -3.05. The highest BCUT2D eigenvalue weighted by atomic mass is 35.5. The minimum Gasteiger partial charge on any atom is -0.493 e. The quantitative estimate of drug-likeness (QED) is 0.757. The van der Waals surface area contributed by atoms with Crippen molar-refractivity contribution in [3.8, 4) is 5.75 Å². The Morgan fingerprint density at radius 3 is 2.54 bits per heavy atom. The van der Waals surface area contributed by atoms with Crippen LogP contribution in [0.4, 0.5) is 8.78 Å². The van der Waals surface area contributed by atoms with Crippen molar-refractivity contribution in [1.82, 2.24) is 0 Å². The van der Waals surface area contributed by atoms with Gasteiger partial charge in [-0.25, -0.2) is 4.99 Å².